The summed E-state index contributed by atoms with van der Waals surface area (Å²) < 4.78 is 0. The molecule has 0 aliphatic carbocycles. The van der Waals surface area contributed by atoms with Crippen LogP contribution in [-0.2, 0) is 11.3 Å². The Bertz CT molecular complexity index is 341. The molecule has 2 N–H and O–H groups in total. The van der Waals surface area contributed by atoms with Crippen LogP contribution in [0.2, 0.25) is 0 Å². The summed E-state index contributed by atoms with van der Waals surface area (Å²) in [6.07, 6.45) is 0. The molecular formula is C13H20N2O2. The van der Waals surface area contributed by atoms with Crippen LogP contribution in [-0.4, -0.2) is 42.2 Å². The van der Waals surface area contributed by atoms with Gasteiger partial charge in [-0.2, -0.15) is 0 Å². The van der Waals surface area contributed by atoms with E-state index in [0.29, 0.717) is 12.6 Å². The predicted octanol–water partition coefficient (Wildman–Crippen LogP) is 1.18. The van der Waals surface area contributed by atoms with Gasteiger partial charge < -0.3 is 10.4 Å². The zero-order chi connectivity index (χ0) is 12.7. The lowest BCUT2D eigenvalue weighted by molar-refractivity contribution is -0.136. The summed E-state index contributed by atoms with van der Waals surface area (Å²) in [5.74, 6) is -0.817. The van der Waals surface area contributed by atoms with Gasteiger partial charge in [-0.25, -0.2) is 0 Å². The van der Waals surface area contributed by atoms with E-state index in [9.17, 15) is 4.79 Å². The van der Waals surface area contributed by atoms with E-state index >= 15 is 0 Å². The van der Waals surface area contributed by atoms with E-state index < -0.39 is 5.97 Å². The molecule has 1 aromatic carbocycles. The van der Waals surface area contributed by atoms with Crippen molar-refractivity contribution in [1.29, 1.82) is 0 Å². The van der Waals surface area contributed by atoms with Gasteiger partial charge >= 0.3 is 5.97 Å². The SMILES string of the molecule is CC(CNCC(=O)O)N(C)Cc1ccccc1. The summed E-state index contributed by atoms with van der Waals surface area (Å²) in [5.41, 5.74) is 1.26. The van der Waals surface area contributed by atoms with Crippen LogP contribution in [0.4, 0.5) is 0 Å². The molecule has 4 heteroatoms. The van der Waals surface area contributed by atoms with Crippen molar-refractivity contribution < 1.29 is 9.90 Å². The Morgan fingerprint density at radius 2 is 2.06 bits per heavy atom. The maximum atomic E-state index is 10.4. The number of hydrogen-bond donors (Lipinski definition) is 2. The van der Waals surface area contributed by atoms with Crippen molar-refractivity contribution in [2.45, 2.75) is 19.5 Å². The largest absolute Gasteiger partial charge is 0.480 e. The first-order valence-corrected chi connectivity index (χ1v) is 5.76. The van der Waals surface area contributed by atoms with Gasteiger partial charge in [0.1, 0.15) is 0 Å². The van der Waals surface area contributed by atoms with Crippen molar-refractivity contribution in [2.24, 2.45) is 0 Å². The number of rotatable bonds is 7. The number of nitrogens with one attached hydrogen (secondary N) is 1. The van der Waals surface area contributed by atoms with E-state index in [0.717, 1.165) is 6.54 Å². The van der Waals surface area contributed by atoms with Gasteiger partial charge in [-0.3, -0.25) is 9.69 Å². The number of hydrogen-bond acceptors (Lipinski definition) is 3. The normalized spacial score (nSPS) is 12.6. The molecule has 0 aliphatic rings. The van der Waals surface area contributed by atoms with E-state index in [1.807, 2.05) is 25.2 Å². The van der Waals surface area contributed by atoms with Crippen molar-refractivity contribution in [3.63, 3.8) is 0 Å². The van der Waals surface area contributed by atoms with Gasteiger partial charge in [0.05, 0.1) is 6.54 Å². The maximum absolute atomic E-state index is 10.4. The highest BCUT2D eigenvalue weighted by molar-refractivity contribution is 5.68. The van der Waals surface area contributed by atoms with E-state index in [1.165, 1.54) is 5.56 Å². The molecule has 0 bridgehead atoms. The minimum absolute atomic E-state index is 0.0174. The molecule has 0 fully saturated rings. The number of likely N-dealkylation sites (N-methyl/N-ethyl adjacent to an activating group) is 1. The lowest BCUT2D eigenvalue weighted by atomic mass is 10.2. The highest BCUT2D eigenvalue weighted by Gasteiger charge is 2.09. The topological polar surface area (TPSA) is 52.6 Å². The number of benzene rings is 1. The van der Waals surface area contributed by atoms with E-state index in [-0.39, 0.29) is 6.54 Å². The quantitative estimate of drug-likeness (QED) is 0.746. The standard InChI is InChI=1S/C13H20N2O2/c1-11(8-14-9-13(16)17)15(2)10-12-6-4-3-5-7-12/h3-7,11,14H,8-10H2,1-2H3,(H,16,17). The Hall–Kier alpha value is -1.39. The molecule has 0 heterocycles. The van der Waals surface area contributed by atoms with Crippen molar-refractivity contribution >= 4 is 5.97 Å². The Morgan fingerprint density at radius 3 is 2.65 bits per heavy atom. The van der Waals surface area contributed by atoms with Gasteiger partial charge in [0.25, 0.3) is 0 Å². The lowest BCUT2D eigenvalue weighted by Gasteiger charge is -2.24. The van der Waals surface area contributed by atoms with Crippen molar-refractivity contribution in [3.05, 3.63) is 35.9 Å². The van der Waals surface area contributed by atoms with Gasteiger partial charge in [0.15, 0.2) is 0 Å². The molecule has 1 rings (SSSR count). The molecule has 0 radical (unpaired) electrons. The molecular weight excluding hydrogens is 216 g/mol. The van der Waals surface area contributed by atoms with Gasteiger partial charge in [-0.05, 0) is 19.5 Å². The molecule has 1 aromatic rings. The average molecular weight is 236 g/mol. The van der Waals surface area contributed by atoms with Crippen molar-refractivity contribution in [1.82, 2.24) is 10.2 Å². The van der Waals surface area contributed by atoms with Crippen LogP contribution in [0.1, 0.15) is 12.5 Å². The van der Waals surface area contributed by atoms with Crippen LogP contribution in [0.5, 0.6) is 0 Å². The molecule has 0 aliphatic heterocycles. The fourth-order valence-electron chi connectivity index (χ4n) is 1.57. The first-order valence-electron chi connectivity index (χ1n) is 5.76. The molecule has 0 saturated heterocycles. The summed E-state index contributed by atoms with van der Waals surface area (Å²) in [4.78, 5) is 12.6. The molecule has 0 amide bonds. The molecule has 4 nitrogen and oxygen atoms in total. The van der Waals surface area contributed by atoms with Gasteiger partial charge in [0.2, 0.25) is 0 Å². The van der Waals surface area contributed by atoms with Crippen LogP contribution in [0.25, 0.3) is 0 Å². The Morgan fingerprint density at radius 1 is 1.41 bits per heavy atom. The van der Waals surface area contributed by atoms with E-state index in [1.54, 1.807) is 0 Å². The van der Waals surface area contributed by atoms with Crippen LogP contribution in [0, 0.1) is 0 Å². The second kappa shape index (κ2) is 7.04. The number of carboxylic acid groups (broad SMARTS) is 1. The fourth-order valence-corrected chi connectivity index (χ4v) is 1.57. The van der Waals surface area contributed by atoms with Crippen LogP contribution < -0.4 is 5.32 Å². The Kier molecular flexibility index (Phi) is 5.66. The van der Waals surface area contributed by atoms with Crippen molar-refractivity contribution in [3.8, 4) is 0 Å². The van der Waals surface area contributed by atoms with E-state index in [2.05, 4.69) is 29.3 Å². The molecule has 1 atom stereocenters. The minimum atomic E-state index is -0.817. The van der Waals surface area contributed by atoms with Crippen LogP contribution >= 0.6 is 0 Å². The zero-order valence-corrected chi connectivity index (χ0v) is 10.4. The van der Waals surface area contributed by atoms with Gasteiger partial charge in [-0.1, -0.05) is 30.3 Å². The fraction of sp³-hybridized carbons (Fsp3) is 0.462. The van der Waals surface area contributed by atoms with Crippen molar-refractivity contribution in [2.75, 3.05) is 20.1 Å². The third-order valence-corrected chi connectivity index (χ3v) is 2.74. The molecule has 17 heavy (non-hydrogen) atoms. The lowest BCUT2D eigenvalue weighted by Crippen LogP contribution is -2.39. The third kappa shape index (κ3) is 5.47. The number of aliphatic carboxylic acids is 1. The summed E-state index contributed by atoms with van der Waals surface area (Å²) in [6, 6.07) is 10.5. The van der Waals surface area contributed by atoms with Crippen LogP contribution in [0.3, 0.4) is 0 Å². The van der Waals surface area contributed by atoms with Gasteiger partial charge in [-0.15, -0.1) is 0 Å². The highest BCUT2D eigenvalue weighted by Crippen LogP contribution is 2.05. The molecule has 0 saturated carbocycles. The summed E-state index contributed by atoms with van der Waals surface area (Å²) in [6.45, 7) is 3.65. The first-order chi connectivity index (χ1) is 8.09. The summed E-state index contributed by atoms with van der Waals surface area (Å²) in [7, 11) is 2.04. The first kappa shape index (κ1) is 13.7. The third-order valence-electron chi connectivity index (χ3n) is 2.74. The number of carboxylic acids is 1. The molecule has 0 spiro atoms. The highest BCUT2D eigenvalue weighted by atomic mass is 16.4. The Balaban J connectivity index is 2.31. The van der Waals surface area contributed by atoms with Gasteiger partial charge in [0, 0.05) is 19.1 Å². The molecule has 0 aromatic heterocycles. The minimum Gasteiger partial charge on any atom is -0.480 e. The smallest absolute Gasteiger partial charge is 0.317 e. The predicted molar refractivity (Wildman–Crippen MR) is 67.9 cm³/mol. The second-order valence-corrected chi connectivity index (χ2v) is 4.27. The Labute approximate surface area is 102 Å². The second-order valence-electron chi connectivity index (χ2n) is 4.27. The van der Waals surface area contributed by atoms with E-state index in [4.69, 9.17) is 5.11 Å². The molecule has 1 unspecified atom stereocenters. The average Bonchev–Trinajstić information content (AvgIpc) is 2.29. The maximum Gasteiger partial charge on any atom is 0.317 e. The summed E-state index contributed by atoms with van der Waals surface area (Å²) >= 11 is 0. The van der Waals surface area contributed by atoms with Crippen LogP contribution in [0.15, 0.2) is 30.3 Å². The number of carbonyl (C=O) groups is 1. The monoisotopic (exact) mass is 236 g/mol. The zero-order valence-electron chi connectivity index (χ0n) is 10.4. The number of nitrogens with zero attached hydrogens (tertiary/aromatic N) is 1. The summed E-state index contributed by atoms with van der Waals surface area (Å²) in [5, 5.41) is 11.4. The molecule has 94 valence electrons.